The molecule has 1 fully saturated rings. The first-order chi connectivity index (χ1) is 12.5. The third-order valence-electron chi connectivity index (χ3n) is 5.23. The molecule has 26 heavy (non-hydrogen) atoms. The number of methoxy groups -OCH3 is 1. The van der Waals surface area contributed by atoms with Crippen LogP contribution in [0.3, 0.4) is 0 Å². The van der Waals surface area contributed by atoms with E-state index in [-0.39, 0.29) is 18.5 Å². The molecule has 6 heteroatoms. The summed E-state index contributed by atoms with van der Waals surface area (Å²) in [7, 11) is 1.60. The summed E-state index contributed by atoms with van der Waals surface area (Å²) in [5, 5.41) is 2.97. The molecule has 1 unspecified atom stereocenters. The van der Waals surface area contributed by atoms with Gasteiger partial charge in [0.25, 0.3) is 5.91 Å². The summed E-state index contributed by atoms with van der Waals surface area (Å²) in [6.45, 7) is 0.247. The first-order valence-electron chi connectivity index (χ1n) is 8.56. The highest BCUT2D eigenvalue weighted by Crippen LogP contribution is 2.34. The minimum absolute atomic E-state index is 0.135. The van der Waals surface area contributed by atoms with Crippen LogP contribution in [0.1, 0.15) is 23.1 Å². The summed E-state index contributed by atoms with van der Waals surface area (Å²) in [5.74, 6) is 0.579. The lowest BCUT2D eigenvalue weighted by molar-refractivity contribution is -0.132. The number of fused-ring (bicyclic) bond motifs is 1. The van der Waals surface area contributed by atoms with Gasteiger partial charge in [-0.15, -0.1) is 0 Å². The fraction of sp³-hybridized carbons (Fsp3) is 0.300. The van der Waals surface area contributed by atoms with E-state index in [2.05, 4.69) is 27.3 Å². The van der Waals surface area contributed by atoms with Gasteiger partial charge in [-0.05, 0) is 57.6 Å². The molecule has 2 aliphatic rings. The number of imide groups is 1. The van der Waals surface area contributed by atoms with Crippen LogP contribution in [0, 0.1) is 0 Å². The van der Waals surface area contributed by atoms with Crippen molar-refractivity contribution in [1.29, 1.82) is 0 Å². The molecule has 134 valence electrons. The van der Waals surface area contributed by atoms with Crippen molar-refractivity contribution in [2.45, 2.75) is 31.3 Å². The maximum Gasteiger partial charge on any atom is 0.325 e. The number of nitrogens with zero attached hydrogens (tertiary/aromatic N) is 1. The summed E-state index contributed by atoms with van der Waals surface area (Å²) in [5.41, 5.74) is 2.46. The molecule has 0 bridgehead atoms. The molecule has 1 aliphatic carbocycles. The van der Waals surface area contributed by atoms with E-state index in [1.807, 2.05) is 36.4 Å². The van der Waals surface area contributed by atoms with Crippen molar-refractivity contribution in [3.63, 3.8) is 0 Å². The van der Waals surface area contributed by atoms with Crippen LogP contribution in [-0.2, 0) is 24.2 Å². The van der Waals surface area contributed by atoms with Crippen molar-refractivity contribution in [3.8, 4) is 5.75 Å². The lowest BCUT2D eigenvalue weighted by Crippen LogP contribution is -2.51. The Morgan fingerprint density at radius 2 is 1.96 bits per heavy atom. The number of amides is 3. The number of nitrogens with one attached hydrogen (secondary N) is 1. The summed E-state index contributed by atoms with van der Waals surface area (Å²) in [4.78, 5) is 27.0. The molecule has 2 aromatic rings. The van der Waals surface area contributed by atoms with Crippen molar-refractivity contribution in [1.82, 2.24) is 10.2 Å². The van der Waals surface area contributed by atoms with Gasteiger partial charge in [0.2, 0.25) is 0 Å². The Balaban J connectivity index is 1.57. The van der Waals surface area contributed by atoms with Crippen molar-refractivity contribution < 1.29 is 14.3 Å². The fourth-order valence-electron chi connectivity index (χ4n) is 3.84. The van der Waals surface area contributed by atoms with Crippen molar-refractivity contribution >= 4 is 27.9 Å². The summed E-state index contributed by atoms with van der Waals surface area (Å²) in [6.07, 6.45) is 1.98. The van der Waals surface area contributed by atoms with Gasteiger partial charge < -0.3 is 10.1 Å². The van der Waals surface area contributed by atoms with Crippen LogP contribution < -0.4 is 10.1 Å². The minimum atomic E-state index is -0.810. The van der Waals surface area contributed by atoms with E-state index in [1.54, 1.807) is 7.11 Å². The van der Waals surface area contributed by atoms with Crippen LogP contribution >= 0.6 is 15.9 Å². The van der Waals surface area contributed by atoms with Gasteiger partial charge in [-0.2, -0.15) is 0 Å². The van der Waals surface area contributed by atoms with Crippen LogP contribution in [0.25, 0.3) is 0 Å². The summed E-state index contributed by atoms with van der Waals surface area (Å²) < 4.78 is 6.03. The Hall–Kier alpha value is -2.34. The molecule has 1 N–H and O–H groups in total. The fourth-order valence-corrected chi connectivity index (χ4v) is 4.42. The number of benzene rings is 2. The average molecular weight is 415 g/mol. The SMILES string of the molecule is COc1ccc(CN2C(=O)NC3(CCc4ccccc4C3)C2=O)cc1Br. The molecule has 2 aromatic carbocycles. The van der Waals surface area contributed by atoms with Gasteiger partial charge in [-0.25, -0.2) is 4.79 Å². The smallest absolute Gasteiger partial charge is 0.325 e. The molecule has 1 atom stereocenters. The number of halogens is 1. The van der Waals surface area contributed by atoms with E-state index in [1.165, 1.54) is 10.5 Å². The Kier molecular flexibility index (Phi) is 4.23. The Labute approximate surface area is 160 Å². The van der Waals surface area contributed by atoms with Crippen LogP contribution in [0.4, 0.5) is 4.79 Å². The van der Waals surface area contributed by atoms with Crippen LogP contribution in [0.15, 0.2) is 46.9 Å². The number of urea groups is 1. The average Bonchev–Trinajstić information content (AvgIpc) is 2.86. The number of ether oxygens (including phenoxy) is 1. The van der Waals surface area contributed by atoms with Gasteiger partial charge in [0, 0.05) is 6.42 Å². The number of carbonyl (C=O) groups is 2. The van der Waals surface area contributed by atoms with Crippen molar-refractivity contribution in [3.05, 3.63) is 63.6 Å². The quantitative estimate of drug-likeness (QED) is 0.782. The molecule has 5 nitrogen and oxygen atoms in total. The maximum absolute atomic E-state index is 13.1. The third kappa shape index (κ3) is 2.78. The molecule has 1 spiro atoms. The predicted octanol–water partition coefficient (Wildman–Crippen LogP) is 3.44. The number of aryl methyl sites for hydroxylation is 1. The molecule has 3 amide bonds. The minimum Gasteiger partial charge on any atom is -0.496 e. The van der Waals surface area contributed by atoms with Crippen LogP contribution in [0.2, 0.25) is 0 Å². The van der Waals surface area contributed by atoms with Gasteiger partial charge in [-0.1, -0.05) is 30.3 Å². The molecule has 1 heterocycles. The number of hydrogen-bond acceptors (Lipinski definition) is 3. The maximum atomic E-state index is 13.1. The zero-order valence-corrected chi connectivity index (χ0v) is 16.0. The number of rotatable bonds is 3. The molecule has 1 saturated heterocycles. The first-order valence-corrected chi connectivity index (χ1v) is 9.35. The number of hydrogen-bond donors (Lipinski definition) is 1. The third-order valence-corrected chi connectivity index (χ3v) is 5.85. The van der Waals surface area contributed by atoms with Gasteiger partial charge in [0.05, 0.1) is 18.1 Å². The van der Waals surface area contributed by atoms with E-state index in [0.717, 1.165) is 22.0 Å². The normalized spacial score (nSPS) is 21.7. The highest BCUT2D eigenvalue weighted by Gasteiger charge is 2.52. The monoisotopic (exact) mass is 414 g/mol. The van der Waals surface area contributed by atoms with E-state index in [9.17, 15) is 9.59 Å². The Morgan fingerprint density at radius 1 is 1.19 bits per heavy atom. The lowest BCUT2D eigenvalue weighted by atomic mass is 9.78. The number of carbonyl (C=O) groups excluding carboxylic acids is 2. The second kappa shape index (κ2) is 6.43. The molecular formula is C20H19BrN2O3. The van der Waals surface area contributed by atoms with Crippen molar-refractivity contribution in [2.24, 2.45) is 0 Å². The summed E-state index contributed by atoms with van der Waals surface area (Å²) >= 11 is 3.45. The van der Waals surface area contributed by atoms with Gasteiger partial charge in [-0.3, -0.25) is 9.69 Å². The molecular weight excluding hydrogens is 396 g/mol. The first kappa shape index (κ1) is 17.1. The molecule has 4 rings (SSSR count). The Bertz CT molecular complexity index is 898. The predicted molar refractivity (Wildman–Crippen MR) is 101 cm³/mol. The molecule has 0 radical (unpaired) electrons. The van der Waals surface area contributed by atoms with E-state index in [4.69, 9.17) is 4.74 Å². The van der Waals surface area contributed by atoms with Crippen molar-refractivity contribution in [2.75, 3.05) is 7.11 Å². The summed E-state index contributed by atoms with van der Waals surface area (Å²) in [6, 6.07) is 13.4. The molecule has 0 saturated carbocycles. The highest BCUT2D eigenvalue weighted by atomic mass is 79.9. The van der Waals surface area contributed by atoms with E-state index >= 15 is 0 Å². The second-order valence-corrected chi connectivity index (χ2v) is 7.67. The van der Waals surface area contributed by atoms with Crippen LogP contribution in [0.5, 0.6) is 5.75 Å². The van der Waals surface area contributed by atoms with Gasteiger partial charge >= 0.3 is 6.03 Å². The highest BCUT2D eigenvalue weighted by molar-refractivity contribution is 9.10. The lowest BCUT2D eigenvalue weighted by Gasteiger charge is -2.32. The van der Waals surface area contributed by atoms with E-state index in [0.29, 0.717) is 18.6 Å². The Morgan fingerprint density at radius 3 is 2.69 bits per heavy atom. The largest absolute Gasteiger partial charge is 0.496 e. The zero-order chi connectivity index (χ0) is 18.3. The molecule has 1 aliphatic heterocycles. The standard InChI is InChI=1S/C20H19BrN2O3/c1-26-17-7-6-13(10-16(17)21)12-23-18(24)20(22-19(23)25)9-8-14-4-2-3-5-15(14)11-20/h2-7,10H,8-9,11-12H2,1H3,(H,22,25). The van der Waals surface area contributed by atoms with E-state index < -0.39 is 5.54 Å². The van der Waals surface area contributed by atoms with Gasteiger partial charge in [0.1, 0.15) is 11.3 Å². The van der Waals surface area contributed by atoms with Gasteiger partial charge in [0.15, 0.2) is 0 Å². The zero-order valence-electron chi connectivity index (χ0n) is 14.4. The van der Waals surface area contributed by atoms with Crippen LogP contribution in [-0.4, -0.2) is 29.5 Å². The molecule has 0 aromatic heterocycles. The second-order valence-electron chi connectivity index (χ2n) is 6.82. The topological polar surface area (TPSA) is 58.6 Å².